The van der Waals surface area contributed by atoms with E-state index in [1.165, 1.54) is 6.07 Å². The smallest absolute Gasteiger partial charge is 0.127 e. The van der Waals surface area contributed by atoms with Crippen molar-refractivity contribution in [1.29, 1.82) is 0 Å². The molecule has 0 aromatic heterocycles. The summed E-state index contributed by atoms with van der Waals surface area (Å²) < 4.78 is 13.3. The first kappa shape index (κ1) is 12.5. The fourth-order valence-electron chi connectivity index (χ4n) is 2.35. The van der Waals surface area contributed by atoms with Gasteiger partial charge >= 0.3 is 0 Å². The molecular weight excluding hydrogens is 219 g/mol. The van der Waals surface area contributed by atoms with E-state index in [9.17, 15) is 4.39 Å². The summed E-state index contributed by atoms with van der Waals surface area (Å²) in [6, 6.07) is 5.12. The van der Waals surface area contributed by atoms with E-state index < -0.39 is 0 Å². The average molecular weight is 238 g/mol. The van der Waals surface area contributed by atoms with Gasteiger partial charge in [0.2, 0.25) is 0 Å². The van der Waals surface area contributed by atoms with E-state index in [2.05, 4.69) is 4.90 Å². The van der Waals surface area contributed by atoms with Crippen molar-refractivity contribution in [2.45, 2.75) is 19.5 Å². The van der Waals surface area contributed by atoms with Gasteiger partial charge < -0.3 is 10.8 Å². The Balaban J connectivity index is 1.99. The quantitative estimate of drug-likeness (QED) is 0.826. The number of hydrogen-bond donors (Lipinski definition) is 2. The number of aliphatic hydroxyl groups excluding tert-OH is 1. The summed E-state index contributed by atoms with van der Waals surface area (Å²) >= 11 is 0. The molecule has 0 radical (unpaired) electrons. The predicted octanol–water partition coefficient (Wildman–Crippen LogP) is 1.10. The number of benzene rings is 1. The highest BCUT2D eigenvalue weighted by atomic mass is 19.1. The maximum Gasteiger partial charge on any atom is 0.127 e. The molecule has 3 N–H and O–H groups in total. The van der Waals surface area contributed by atoms with Crippen molar-refractivity contribution in [3.05, 3.63) is 35.1 Å². The molecule has 1 atom stereocenters. The van der Waals surface area contributed by atoms with E-state index in [1.807, 2.05) is 6.07 Å². The van der Waals surface area contributed by atoms with Crippen molar-refractivity contribution >= 4 is 0 Å². The number of rotatable bonds is 4. The van der Waals surface area contributed by atoms with E-state index >= 15 is 0 Å². The van der Waals surface area contributed by atoms with E-state index in [0.717, 1.165) is 31.6 Å². The molecule has 0 aliphatic carbocycles. The molecule has 17 heavy (non-hydrogen) atoms. The van der Waals surface area contributed by atoms with Crippen LogP contribution in [0.4, 0.5) is 4.39 Å². The largest absolute Gasteiger partial charge is 0.396 e. The Hall–Kier alpha value is -0.970. The fraction of sp³-hybridized carbons (Fsp3) is 0.538. The highest BCUT2D eigenvalue weighted by Crippen LogP contribution is 2.19. The second-order valence-electron chi connectivity index (χ2n) is 4.70. The summed E-state index contributed by atoms with van der Waals surface area (Å²) in [5.74, 6) is 0.162. The molecule has 1 aromatic rings. The van der Waals surface area contributed by atoms with Gasteiger partial charge in [0.05, 0.1) is 0 Å². The third kappa shape index (κ3) is 3.03. The first-order chi connectivity index (χ1) is 8.22. The number of likely N-dealkylation sites (tertiary alicyclic amines) is 1. The van der Waals surface area contributed by atoms with E-state index in [1.54, 1.807) is 6.07 Å². The second-order valence-corrected chi connectivity index (χ2v) is 4.70. The molecule has 1 unspecified atom stereocenters. The molecule has 3 nitrogen and oxygen atoms in total. The Morgan fingerprint density at radius 3 is 2.94 bits per heavy atom. The highest BCUT2D eigenvalue weighted by Gasteiger charge is 2.21. The summed E-state index contributed by atoms with van der Waals surface area (Å²) in [4.78, 5) is 2.29. The Kier molecular flexibility index (Phi) is 4.10. The molecule has 1 heterocycles. The molecule has 0 saturated carbocycles. The summed E-state index contributed by atoms with van der Waals surface area (Å²) in [6.45, 7) is 3.23. The molecule has 4 heteroatoms. The number of aliphatic hydroxyl groups is 1. The van der Waals surface area contributed by atoms with Crippen molar-refractivity contribution in [2.75, 3.05) is 19.7 Å². The Labute approximate surface area is 101 Å². The topological polar surface area (TPSA) is 49.5 Å². The van der Waals surface area contributed by atoms with Crippen LogP contribution in [-0.2, 0) is 13.1 Å². The average Bonchev–Trinajstić information content (AvgIpc) is 2.79. The summed E-state index contributed by atoms with van der Waals surface area (Å²) in [6.07, 6.45) is 1.04. The van der Waals surface area contributed by atoms with Crippen LogP contribution in [0.3, 0.4) is 0 Å². The van der Waals surface area contributed by atoms with Crippen molar-refractivity contribution in [1.82, 2.24) is 4.90 Å². The number of nitrogens with two attached hydrogens (primary N) is 1. The lowest BCUT2D eigenvalue weighted by Crippen LogP contribution is -2.21. The van der Waals surface area contributed by atoms with Crippen molar-refractivity contribution in [3.63, 3.8) is 0 Å². The molecule has 1 aliphatic heterocycles. The van der Waals surface area contributed by atoms with Gasteiger partial charge in [-0.1, -0.05) is 12.1 Å². The molecule has 0 spiro atoms. The van der Waals surface area contributed by atoms with E-state index in [-0.39, 0.29) is 19.0 Å². The van der Waals surface area contributed by atoms with Gasteiger partial charge in [0, 0.05) is 31.8 Å². The lowest BCUT2D eigenvalue weighted by molar-refractivity contribution is 0.220. The Morgan fingerprint density at radius 2 is 2.29 bits per heavy atom. The van der Waals surface area contributed by atoms with Gasteiger partial charge in [-0.05, 0) is 30.5 Å². The molecular formula is C13H19FN2O. The molecule has 1 fully saturated rings. The second kappa shape index (κ2) is 5.58. The maximum atomic E-state index is 13.3. The van der Waals surface area contributed by atoms with E-state index in [0.29, 0.717) is 11.5 Å². The van der Waals surface area contributed by atoms with Gasteiger partial charge in [-0.2, -0.15) is 0 Å². The van der Waals surface area contributed by atoms with Crippen LogP contribution in [0.25, 0.3) is 0 Å². The van der Waals surface area contributed by atoms with Crippen LogP contribution in [0, 0.1) is 11.7 Å². The molecule has 1 aromatic carbocycles. The zero-order valence-electron chi connectivity index (χ0n) is 9.90. The lowest BCUT2D eigenvalue weighted by atomic mass is 10.1. The van der Waals surface area contributed by atoms with Gasteiger partial charge in [-0.25, -0.2) is 4.39 Å². The fourth-order valence-corrected chi connectivity index (χ4v) is 2.35. The van der Waals surface area contributed by atoms with Crippen LogP contribution >= 0.6 is 0 Å². The summed E-state index contributed by atoms with van der Waals surface area (Å²) in [5.41, 5.74) is 7.14. The van der Waals surface area contributed by atoms with Gasteiger partial charge in [-0.15, -0.1) is 0 Å². The monoisotopic (exact) mass is 238 g/mol. The zero-order chi connectivity index (χ0) is 12.3. The van der Waals surface area contributed by atoms with Gasteiger partial charge in [0.25, 0.3) is 0 Å². The van der Waals surface area contributed by atoms with E-state index in [4.69, 9.17) is 10.8 Å². The Morgan fingerprint density at radius 1 is 1.47 bits per heavy atom. The Bertz CT molecular complexity index is 384. The van der Waals surface area contributed by atoms with Crippen LogP contribution in [0.15, 0.2) is 18.2 Å². The van der Waals surface area contributed by atoms with Crippen LogP contribution in [-0.4, -0.2) is 29.7 Å². The third-order valence-corrected chi connectivity index (χ3v) is 3.36. The maximum absolute atomic E-state index is 13.3. The van der Waals surface area contributed by atoms with Crippen LogP contribution < -0.4 is 5.73 Å². The van der Waals surface area contributed by atoms with Crippen LogP contribution in [0.5, 0.6) is 0 Å². The first-order valence-corrected chi connectivity index (χ1v) is 6.03. The zero-order valence-corrected chi connectivity index (χ0v) is 9.90. The summed E-state index contributed by atoms with van der Waals surface area (Å²) in [5, 5.41) is 9.08. The van der Waals surface area contributed by atoms with Crippen molar-refractivity contribution in [2.24, 2.45) is 11.7 Å². The van der Waals surface area contributed by atoms with Gasteiger partial charge in [0.15, 0.2) is 0 Å². The van der Waals surface area contributed by atoms with Crippen molar-refractivity contribution in [3.8, 4) is 0 Å². The minimum Gasteiger partial charge on any atom is -0.396 e. The third-order valence-electron chi connectivity index (χ3n) is 3.36. The molecule has 0 amide bonds. The molecule has 0 bridgehead atoms. The first-order valence-electron chi connectivity index (χ1n) is 6.03. The molecule has 1 saturated heterocycles. The van der Waals surface area contributed by atoms with Gasteiger partial charge in [0.1, 0.15) is 5.82 Å². The predicted molar refractivity (Wildman–Crippen MR) is 64.8 cm³/mol. The SMILES string of the molecule is NCc1cc(CN2CCC(CO)C2)ccc1F. The van der Waals surface area contributed by atoms with Gasteiger partial charge in [-0.3, -0.25) is 4.90 Å². The number of hydrogen-bond acceptors (Lipinski definition) is 3. The van der Waals surface area contributed by atoms with Crippen LogP contribution in [0.1, 0.15) is 17.5 Å². The normalized spacial score (nSPS) is 21.0. The molecule has 94 valence electrons. The molecule has 2 rings (SSSR count). The number of nitrogens with zero attached hydrogens (tertiary/aromatic N) is 1. The number of halogens is 1. The summed E-state index contributed by atoms with van der Waals surface area (Å²) in [7, 11) is 0. The van der Waals surface area contributed by atoms with Crippen molar-refractivity contribution < 1.29 is 9.50 Å². The lowest BCUT2D eigenvalue weighted by Gasteiger charge is -2.16. The minimum absolute atomic E-state index is 0.231. The highest BCUT2D eigenvalue weighted by molar-refractivity contribution is 5.25. The molecule has 1 aliphatic rings. The van der Waals surface area contributed by atoms with Crippen LogP contribution in [0.2, 0.25) is 0 Å². The minimum atomic E-state index is -0.231. The standard InChI is InChI=1S/C13H19FN2O/c14-13-2-1-10(5-12(13)6-15)7-16-4-3-11(8-16)9-17/h1-2,5,11,17H,3-4,6-9,15H2.